The molecule has 2 fully saturated rings. The molecule has 0 spiro atoms. The summed E-state index contributed by atoms with van der Waals surface area (Å²) in [4.78, 5) is 0. The molecule has 1 saturated heterocycles. The molecule has 0 unspecified atom stereocenters. The van der Waals surface area contributed by atoms with E-state index in [9.17, 15) is 0 Å². The molecule has 5 heteroatoms. The summed E-state index contributed by atoms with van der Waals surface area (Å²) in [6, 6.07) is 0.790. The van der Waals surface area contributed by atoms with Gasteiger partial charge in [0.1, 0.15) is 10.0 Å². The van der Waals surface area contributed by atoms with E-state index in [1.165, 1.54) is 22.9 Å². The maximum absolute atomic E-state index is 5.37. The van der Waals surface area contributed by atoms with Crippen molar-refractivity contribution in [2.24, 2.45) is 0 Å². The molecule has 0 aromatic carbocycles. The standard InChI is InChI=1S/C12H19N3OS/c1-2-10(1)13-6-3-11-14-15-12(17-11)9-4-7-16-8-5-9/h9-10,13H,1-8H2. The number of nitrogens with zero attached hydrogens (tertiary/aromatic N) is 2. The Kier molecular flexibility index (Phi) is 3.68. The molecule has 0 radical (unpaired) electrons. The second kappa shape index (κ2) is 5.42. The predicted octanol–water partition coefficient (Wildman–Crippen LogP) is 1.73. The minimum absolute atomic E-state index is 0.589. The molecule has 4 nitrogen and oxygen atoms in total. The lowest BCUT2D eigenvalue weighted by atomic mass is 10.0. The number of aromatic nitrogens is 2. The zero-order chi connectivity index (χ0) is 11.5. The maximum atomic E-state index is 5.37. The zero-order valence-electron chi connectivity index (χ0n) is 10.0. The summed E-state index contributed by atoms with van der Waals surface area (Å²) < 4.78 is 5.37. The summed E-state index contributed by atoms with van der Waals surface area (Å²) >= 11 is 1.79. The molecule has 94 valence electrons. The number of nitrogens with one attached hydrogen (secondary N) is 1. The summed E-state index contributed by atoms with van der Waals surface area (Å²) in [5.41, 5.74) is 0. The Hall–Kier alpha value is -0.520. The number of rotatable bonds is 5. The summed E-state index contributed by atoms with van der Waals surface area (Å²) in [6.45, 7) is 2.80. The van der Waals surface area contributed by atoms with Crippen LogP contribution in [0.15, 0.2) is 0 Å². The first-order valence-corrected chi connectivity index (χ1v) is 7.37. The van der Waals surface area contributed by atoms with Crippen molar-refractivity contribution in [1.82, 2.24) is 15.5 Å². The number of hydrogen-bond donors (Lipinski definition) is 1. The van der Waals surface area contributed by atoms with E-state index < -0.39 is 0 Å². The lowest BCUT2D eigenvalue weighted by Crippen LogP contribution is -2.19. The molecule has 1 aromatic heterocycles. The van der Waals surface area contributed by atoms with Gasteiger partial charge in [-0.3, -0.25) is 0 Å². The van der Waals surface area contributed by atoms with Crippen LogP contribution in [-0.4, -0.2) is 36.0 Å². The molecular formula is C12H19N3OS. The van der Waals surface area contributed by atoms with Crippen molar-refractivity contribution in [2.75, 3.05) is 19.8 Å². The van der Waals surface area contributed by atoms with Gasteiger partial charge in [-0.05, 0) is 25.7 Å². The highest BCUT2D eigenvalue weighted by atomic mass is 32.1. The molecule has 1 aliphatic carbocycles. The maximum Gasteiger partial charge on any atom is 0.120 e. The Labute approximate surface area is 106 Å². The van der Waals surface area contributed by atoms with E-state index in [0.29, 0.717) is 5.92 Å². The van der Waals surface area contributed by atoms with Crippen molar-refractivity contribution in [1.29, 1.82) is 0 Å². The average Bonchev–Trinajstić information content (AvgIpc) is 3.07. The van der Waals surface area contributed by atoms with E-state index in [-0.39, 0.29) is 0 Å². The molecule has 1 N–H and O–H groups in total. The molecule has 3 rings (SSSR count). The molecule has 0 amide bonds. The fourth-order valence-electron chi connectivity index (χ4n) is 2.15. The van der Waals surface area contributed by atoms with Crippen LogP contribution in [0.25, 0.3) is 0 Å². The fraction of sp³-hybridized carbons (Fsp3) is 0.833. The normalized spacial score (nSPS) is 21.9. The molecule has 1 saturated carbocycles. The third kappa shape index (κ3) is 3.24. The van der Waals surface area contributed by atoms with Crippen LogP contribution in [-0.2, 0) is 11.2 Å². The van der Waals surface area contributed by atoms with Crippen LogP contribution in [0.5, 0.6) is 0 Å². The predicted molar refractivity (Wildman–Crippen MR) is 67.4 cm³/mol. The van der Waals surface area contributed by atoms with Crippen LogP contribution in [0.4, 0.5) is 0 Å². The molecule has 17 heavy (non-hydrogen) atoms. The van der Waals surface area contributed by atoms with Gasteiger partial charge in [0.25, 0.3) is 0 Å². The number of ether oxygens (including phenoxy) is 1. The van der Waals surface area contributed by atoms with Gasteiger partial charge in [-0.1, -0.05) is 0 Å². The average molecular weight is 253 g/mol. The zero-order valence-corrected chi connectivity index (χ0v) is 10.8. The first-order valence-electron chi connectivity index (χ1n) is 6.55. The van der Waals surface area contributed by atoms with Gasteiger partial charge in [-0.15, -0.1) is 21.5 Å². The highest BCUT2D eigenvalue weighted by molar-refractivity contribution is 7.11. The van der Waals surface area contributed by atoms with Crippen LogP contribution in [0, 0.1) is 0 Å². The molecule has 1 aliphatic heterocycles. The van der Waals surface area contributed by atoms with Crippen molar-refractivity contribution in [2.45, 2.75) is 44.1 Å². The van der Waals surface area contributed by atoms with Crippen molar-refractivity contribution in [3.05, 3.63) is 10.0 Å². The Bertz CT molecular complexity index is 358. The van der Waals surface area contributed by atoms with E-state index in [1.54, 1.807) is 11.3 Å². The second-order valence-electron chi connectivity index (χ2n) is 4.90. The van der Waals surface area contributed by atoms with Crippen molar-refractivity contribution in [3.8, 4) is 0 Å². The van der Waals surface area contributed by atoms with Gasteiger partial charge in [-0.25, -0.2) is 0 Å². The van der Waals surface area contributed by atoms with Crippen LogP contribution in [0.2, 0.25) is 0 Å². The van der Waals surface area contributed by atoms with Crippen LogP contribution < -0.4 is 5.32 Å². The van der Waals surface area contributed by atoms with Crippen LogP contribution >= 0.6 is 11.3 Å². The van der Waals surface area contributed by atoms with E-state index in [4.69, 9.17) is 4.74 Å². The lowest BCUT2D eigenvalue weighted by molar-refractivity contribution is 0.0851. The third-order valence-electron chi connectivity index (χ3n) is 3.40. The van der Waals surface area contributed by atoms with Gasteiger partial charge in [0, 0.05) is 38.1 Å². The van der Waals surface area contributed by atoms with Gasteiger partial charge < -0.3 is 10.1 Å². The lowest BCUT2D eigenvalue weighted by Gasteiger charge is -2.18. The quantitative estimate of drug-likeness (QED) is 0.868. The minimum Gasteiger partial charge on any atom is -0.381 e. The Balaban J connectivity index is 1.49. The molecule has 0 bridgehead atoms. The topological polar surface area (TPSA) is 47.0 Å². The van der Waals surface area contributed by atoms with Crippen molar-refractivity contribution >= 4 is 11.3 Å². The van der Waals surface area contributed by atoms with E-state index >= 15 is 0 Å². The molecule has 2 aliphatic rings. The Morgan fingerprint density at radius 3 is 2.76 bits per heavy atom. The van der Waals surface area contributed by atoms with Gasteiger partial charge in [0.2, 0.25) is 0 Å². The second-order valence-corrected chi connectivity index (χ2v) is 5.99. The third-order valence-corrected chi connectivity index (χ3v) is 4.55. The summed E-state index contributed by atoms with van der Waals surface area (Å²) in [7, 11) is 0. The molecule has 2 heterocycles. The summed E-state index contributed by atoms with van der Waals surface area (Å²) in [5.74, 6) is 0.589. The smallest absolute Gasteiger partial charge is 0.120 e. The highest BCUT2D eigenvalue weighted by Gasteiger charge is 2.21. The largest absolute Gasteiger partial charge is 0.381 e. The van der Waals surface area contributed by atoms with Crippen LogP contribution in [0.1, 0.15) is 41.6 Å². The Morgan fingerprint density at radius 2 is 2.00 bits per heavy atom. The van der Waals surface area contributed by atoms with E-state index in [2.05, 4.69) is 15.5 Å². The van der Waals surface area contributed by atoms with Crippen molar-refractivity contribution < 1.29 is 4.74 Å². The SMILES string of the molecule is C(Cc1nnc(C2CCOCC2)s1)NC1CC1. The van der Waals surface area contributed by atoms with Gasteiger partial charge in [-0.2, -0.15) is 0 Å². The minimum atomic E-state index is 0.589. The number of hydrogen-bond acceptors (Lipinski definition) is 5. The Morgan fingerprint density at radius 1 is 1.18 bits per heavy atom. The first-order chi connectivity index (χ1) is 8.42. The monoisotopic (exact) mass is 253 g/mol. The van der Waals surface area contributed by atoms with Gasteiger partial charge >= 0.3 is 0 Å². The van der Waals surface area contributed by atoms with Gasteiger partial charge in [0.05, 0.1) is 0 Å². The molecule has 0 atom stereocenters. The van der Waals surface area contributed by atoms with Crippen molar-refractivity contribution in [3.63, 3.8) is 0 Å². The van der Waals surface area contributed by atoms with E-state index in [1.807, 2.05) is 0 Å². The van der Waals surface area contributed by atoms with Gasteiger partial charge in [0.15, 0.2) is 0 Å². The summed E-state index contributed by atoms with van der Waals surface area (Å²) in [6.07, 6.45) is 5.94. The molecular weight excluding hydrogens is 234 g/mol. The highest BCUT2D eigenvalue weighted by Crippen LogP contribution is 2.29. The molecule has 1 aromatic rings. The summed E-state index contributed by atoms with van der Waals surface area (Å²) in [5, 5.41) is 14.5. The van der Waals surface area contributed by atoms with E-state index in [0.717, 1.165) is 45.1 Å². The van der Waals surface area contributed by atoms with Crippen LogP contribution in [0.3, 0.4) is 0 Å². The first kappa shape index (κ1) is 11.6. The fourth-order valence-corrected chi connectivity index (χ4v) is 3.16.